The summed E-state index contributed by atoms with van der Waals surface area (Å²) in [5.41, 5.74) is 3.41. The van der Waals surface area contributed by atoms with Crippen molar-refractivity contribution in [3.05, 3.63) is 104 Å². The number of halogens is 3. The Morgan fingerprint density at radius 2 is 1.49 bits per heavy atom. The third kappa shape index (κ3) is 5.21. The Morgan fingerprint density at radius 3 is 2.18 bits per heavy atom. The fourth-order valence-electron chi connectivity index (χ4n) is 4.84. The minimum atomic E-state index is -0.263. The van der Waals surface area contributed by atoms with Gasteiger partial charge < -0.3 is 4.90 Å². The molecule has 0 amide bonds. The zero-order valence-electron chi connectivity index (χ0n) is 21.2. The first-order valence-corrected chi connectivity index (χ1v) is 13.7. The minimum Gasteiger partial charge on any atom is -0.304 e. The van der Waals surface area contributed by atoms with E-state index in [9.17, 15) is 4.79 Å². The molecule has 7 nitrogen and oxygen atoms in total. The Hall–Kier alpha value is -3.20. The number of likely N-dealkylation sites (N-methyl/N-ethyl adjacent to an activating group) is 1. The number of rotatable bonds is 5. The molecule has 1 aliphatic rings. The number of aromatic nitrogens is 4. The largest absolute Gasteiger partial charge is 0.304 e. The van der Waals surface area contributed by atoms with Gasteiger partial charge in [-0.15, -0.1) is 0 Å². The van der Waals surface area contributed by atoms with Gasteiger partial charge in [0.1, 0.15) is 5.39 Å². The van der Waals surface area contributed by atoms with Gasteiger partial charge in [-0.3, -0.25) is 14.3 Å². The number of hydrogen-bond acceptors (Lipinski definition) is 5. The molecule has 0 N–H and O–H groups in total. The predicted octanol–water partition coefficient (Wildman–Crippen LogP) is 5.95. The van der Waals surface area contributed by atoms with Crippen LogP contribution in [0, 0.1) is 0 Å². The van der Waals surface area contributed by atoms with E-state index in [1.165, 1.54) is 10.1 Å². The maximum Gasteiger partial charge on any atom is 0.269 e. The van der Waals surface area contributed by atoms with E-state index >= 15 is 0 Å². The van der Waals surface area contributed by atoms with Crippen molar-refractivity contribution in [2.45, 2.75) is 6.54 Å². The molecule has 0 radical (unpaired) electrons. The highest BCUT2D eigenvalue weighted by Gasteiger charge is 2.20. The second kappa shape index (κ2) is 10.8. The van der Waals surface area contributed by atoms with Crippen molar-refractivity contribution < 1.29 is 0 Å². The van der Waals surface area contributed by atoms with E-state index in [0.717, 1.165) is 38.4 Å². The molecule has 3 heterocycles. The summed E-state index contributed by atoms with van der Waals surface area (Å²) >= 11 is 18.9. The first-order valence-electron chi connectivity index (χ1n) is 12.6. The van der Waals surface area contributed by atoms with Crippen LogP contribution in [0.25, 0.3) is 33.8 Å². The Bertz CT molecular complexity index is 1700. The van der Waals surface area contributed by atoms with E-state index in [1.807, 2.05) is 12.1 Å². The van der Waals surface area contributed by atoms with Crippen LogP contribution >= 0.6 is 34.8 Å². The SMILES string of the molecule is CN1CCN(Cc2ccc(-n3ncc4c(=O)n(-c5ccc(Cl)cc5)c(-c5ccc(Cl)cc5Cl)nc43)cc2)CC1. The van der Waals surface area contributed by atoms with E-state index in [2.05, 4.69) is 34.1 Å². The first-order chi connectivity index (χ1) is 18.9. The van der Waals surface area contributed by atoms with E-state index in [-0.39, 0.29) is 5.56 Å². The lowest BCUT2D eigenvalue weighted by Gasteiger charge is -2.32. The van der Waals surface area contributed by atoms with Crippen molar-refractivity contribution >= 4 is 45.8 Å². The summed E-state index contributed by atoms with van der Waals surface area (Å²) in [6, 6.07) is 20.4. The van der Waals surface area contributed by atoms with Crippen LogP contribution in [0.15, 0.2) is 77.7 Å². The lowest BCUT2D eigenvalue weighted by molar-refractivity contribution is 0.148. The third-order valence-corrected chi connectivity index (χ3v) is 7.84. The molecule has 6 rings (SSSR count). The topological polar surface area (TPSA) is 59.2 Å². The van der Waals surface area contributed by atoms with Crippen LogP contribution in [-0.2, 0) is 6.54 Å². The van der Waals surface area contributed by atoms with E-state index in [0.29, 0.717) is 43.2 Å². The molecule has 0 atom stereocenters. The average molecular weight is 580 g/mol. The molecule has 0 bridgehead atoms. The van der Waals surface area contributed by atoms with Crippen molar-refractivity contribution in [2.75, 3.05) is 33.2 Å². The third-order valence-electron chi connectivity index (χ3n) is 7.04. The molecule has 0 spiro atoms. The highest BCUT2D eigenvalue weighted by atomic mass is 35.5. The summed E-state index contributed by atoms with van der Waals surface area (Å²) in [4.78, 5) is 23.6. The summed E-state index contributed by atoms with van der Waals surface area (Å²) in [6.45, 7) is 5.17. The number of hydrogen-bond donors (Lipinski definition) is 0. The number of benzene rings is 3. The molecule has 1 aliphatic heterocycles. The maximum atomic E-state index is 13.9. The fourth-order valence-corrected chi connectivity index (χ4v) is 5.46. The summed E-state index contributed by atoms with van der Waals surface area (Å²) < 4.78 is 3.22. The molecule has 2 aromatic heterocycles. The fraction of sp³-hybridized carbons (Fsp3) is 0.207. The number of nitrogens with zero attached hydrogens (tertiary/aromatic N) is 6. The van der Waals surface area contributed by atoms with Crippen LogP contribution < -0.4 is 5.56 Å². The zero-order chi connectivity index (χ0) is 27.1. The highest BCUT2D eigenvalue weighted by molar-refractivity contribution is 6.36. The van der Waals surface area contributed by atoms with Crippen LogP contribution in [0.2, 0.25) is 15.1 Å². The highest BCUT2D eigenvalue weighted by Crippen LogP contribution is 2.31. The van der Waals surface area contributed by atoms with E-state index in [4.69, 9.17) is 39.8 Å². The van der Waals surface area contributed by atoms with Gasteiger partial charge in [0.25, 0.3) is 5.56 Å². The zero-order valence-corrected chi connectivity index (χ0v) is 23.5. The van der Waals surface area contributed by atoms with E-state index < -0.39 is 0 Å². The quantitative estimate of drug-likeness (QED) is 0.258. The summed E-state index contributed by atoms with van der Waals surface area (Å²) in [6.07, 6.45) is 1.56. The average Bonchev–Trinajstić information content (AvgIpc) is 3.36. The van der Waals surface area contributed by atoms with Gasteiger partial charge in [-0.1, -0.05) is 46.9 Å². The molecule has 10 heteroatoms. The standard InChI is InChI=1S/C29H25Cl3N6O/c1-35-12-14-36(15-13-35)18-19-2-7-23(8-3-19)38-28-25(17-33-38)29(39)37(22-9-4-20(30)5-10-22)27(34-28)24-11-6-21(31)16-26(24)32/h2-11,16-17H,12-15,18H2,1H3. The Labute approximate surface area is 240 Å². The molecule has 3 aromatic carbocycles. The van der Waals surface area contributed by atoms with Gasteiger partial charge in [-0.25, -0.2) is 9.67 Å². The molecule has 1 fully saturated rings. The monoisotopic (exact) mass is 578 g/mol. The second-order valence-corrected chi connectivity index (χ2v) is 11.0. The van der Waals surface area contributed by atoms with Crippen molar-refractivity contribution in [1.29, 1.82) is 0 Å². The molecule has 39 heavy (non-hydrogen) atoms. The Morgan fingerprint density at radius 1 is 0.821 bits per heavy atom. The predicted molar refractivity (Wildman–Crippen MR) is 158 cm³/mol. The Kier molecular flexibility index (Phi) is 7.18. The van der Waals surface area contributed by atoms with Crippen LogP contribution in [0.1, 0.15) is 5.56 Å². The molecule has 1 saturated heterocycles. The first kappa shape index (κ1) is 26.0. The van der Waals surface area contributed by atoms with Gasteiger partial charge in [0.05, 0.1) is 22.6 Å². The van der Waals surface area contributed by atoms with Gasteiger partial charge in [0.15, 0.2) is 11.5 Å². The van der Waals surface area contributed by atoms with Gasteiger partial charge in [0, 0.05) is 48.3 Å². The van der Waals surface area contributed by atoms with Crippen LogP contribution in [0.4, 0.5) is 0 Å². The van der Waals surface area contributed by atoms with Gasteiger partial charge in [0.2, 0.25) is 0 Å². The van der Waals surface area contributed by atoms with Crippen LogP contribution in [0.3, 0.4) is 0 Å². The van der Waals surface area contributed by atoms with Gasteiger partial charge >= 0.3 is 0 Å². The number of fused-ring (bicyclic) bond motifs is 1. The van der Waals surface area contributed by atoms with E-state index in [1.54, 1.807) is 53.3 Å². The van der Waals surface area contributed by atoms with Crippen molar-refractivity contribution in [3.63, 3.8) is 0 Å². The molecular formula is C29H25Cl3N6O. The van der Waals surface area contributed by atoms with Gasteiger partial charge in [-0.05, 0) is 67.2 Å². The Balaban J connectivity index is 1.44. The van der Waals surface area contributed by atoms with Crippen LogP contribution in [-0.4, -0.2) is 62.4 Å². The lowest BCUT2D eigenvalue weighted by Crippen LogP contribution is -2.43. The maximum absolute atomic E-state index is 13.9. The minimum absolute atomic E-state index is 0.263. The molecule has 0 aliphatic carbocycles. The molecule has 5 aromatic rings. The summed E-state index contributed by atoms with van der Waals surface area (Å²) in [7, 11) is 2.16. The summed E-state index contributed by atoms with van der Waals surface area (Å²) in [5.74, 6) is 0.380. The van der Waals surface area contributed by atoms with Crippen molar-refractivity contribution in [2.24, 2.45) is 0 Å². The van der Waals surface area contributed by atoms with Crippen molar-refractivity contribution in [3.8, 4) is 22.8 Å². The summed E-state index contributed by atoms with van der Waals surface area (Å²) in [5, 5.41) is 6.38. The van der Waals surface area contributed by atoms with Gasteiger partial charge in [-0.2, -0.15) is 5.10 Å². The lowest BCUT2D eigenvalue weighted by atomic mass is 10.1. The normalized spacial score (nSPS) is 14.8. The smallest absolute Gasteiger partial charge is 0.269 e. The molecular weight excluding hydrogens is 555 g/mol. The number of piperazine rings is 1. The molecule has 0 saturated carbocycles. The molecule has 198 valence electrons. The van der Waals surface area contributed by atoms with Crippen molar-refractivity contribution in [1.82, 2.24) is 29.1 Å². The second-order valence-electron chi connectivity index (χ2n) is 9.72. The molecule has 0 unspecified atom stereocenters. The van der Waals surface area contributed by atoms with Crippen LogP contribution in [0.5, 0.6) is 0 Å².